The number of carbonyl (C=O) groups excluding carboxylic acids is 6. The van der Waals surface area contributed by atoms with Crippen LogP contribution in [-0.2, 0) is 49.4 Å². The Balaban J connectivity index is 0.000000148. The molecule has 122 heavy (non-hydrogen) atoms. The van der Waals surface area contributed by atoms with E-state index in [0.29, 0.717) is 16.6 Å². The van der Waals surface area contributed by atoms with Crippen molar-refractivity contribution in [2.45, 2.75) is 113 Å². The first-order valence-electron chi connectivity index (χ1n) is 36.9. The molecular weight excluding hydrogens is 1820 g/mol. The molecule has 12 aromatic heterocycles. The second-order valence-electron chi connectivity index (χ2n) is 26.6. The lowest BCUT2D eigenvalue weighted by Gasteiger charge is -2.32. The zero-order valence-corrected chi connectivity index (χ0v) is 75.4. The summed E-state index contributed by atoms with van der Waals surface area (Å²) >= 11 is 19.8. The van der Waals surface area contributed by atoms with Gasteiger partial charge in [0.2, 0.25) is 38.2 Å². The number of carbonyl (C=O) groups is 6. The summed E-state index contributed by atoms with van der Waals surface area (Å²) in [6, 6.07) is 24.1. The number of amides is 5. The van der Waals surface area contributed by atoms with E-state index in [1.54, 1.807) is 86.4 Å². The van der Waals surface area contributed by atoms with Crippen LogP contribution in [0.15, 0.2) is 178 Å². The minimum atomic E-state index is -1.12. The summed E-state index contributed by atoms with van der Waals surface area (Å²) in [5.74, 6) is -8.32. The third-order valence-electron chi connectivity index (χ3n) is 17.8. The van der Waals surface area contributed by atoms with E-state index in [-0.39, 0.29) is 35.1 Å². The van der Waals surface area contributed by atoms with Gasteiger partial charge in [-0.3, -0.25) is 28.8 Å². The number of hydrogen-bond donors (Lipinski definition) is 3. The average Bonchev–Trinajstić information content (AvgIpc) is 1.60. The lowest BCUT2D eigenvalue weighted by atomic mass is 9.79. The van der Waals surface area contributed by atoms with Crippen molar-refractivity contribution in [2.24, 2.45) is 0 Å². The fraction of sp³-hybridized carbons (Fsp3) is 0.210. The van der Waals surface area contributed by atoms with E-state index in [1.807, 2.05) is 99.9 Å². The molecule has 0 spiro atoms. The quantitative estimate of drug-likeness (QED) is 0.0385. The molecule has 3 aromatic carbocycles. The van der Waals surface area contributed by atoms with Crippen LogP contribution in [0.5, 0.6) is 0 Å². The normalized spacial score (nSPS) is 12.3. The molecule has 1 saturated heterocycles. The fourth-order valence-electron chi connectivity index (χ4n) is 11.4. The maximum atomic E-state index is 14.1. The molecule has 0 bridgehead atoms. The van der Waals surface area contributed by atoms with Gasteiger partial charge in [0.1, 0.15) is 56.6 Å². The molecule has 5 amide bonds. The Morgan fingerprint density at radius 2 is 0.795 bits per heavy atom. The molecule has 1 fully saturated rings. The SMILES string of the molecule is CC(=O)Nc1ccc(Br)s1.CCc1nn(-c2nccs2)cc1-c1ccc(N(C(C)=O)C(=O)c2c(F)cccc2F)s1.CCc1nn(-c2nccs2)cc1-c1ccc(NC(=O)c2c(F)cccc2F)s1.CCc1nn(-c2nccs2)cc1-c1ccc(NC(C)=O)s1.CCc1nn(-c2nccs2)cc1B1OC(C)(C)C(C)(C)O1.O=C(Cl)c1c(F)cccc1F. The van der Waals surface area contributed by atoms with Crippen LogP contribution < -0.4 is 26.3 Å². The number of thiazole rings is 4. The van der Waals surface area contributed by atoms with Gasteiger partial charge in [0.05, 0.1) is 52.8 Å². The Morgan fingerprint density at radius 1 is 0.451 bits per heavy atom. The molecule has 0 atom stereocenters. The van der Waals surface area contributed by atoms with Gasteiger partial charge < -0.3 is 25.3 Å². The number of aromatic nitrogens is 12. The molecule has 0 aliphatic carbocycles. The first-order chi connectivity index (χ1) is 58.3. The predicted molar refractivity (Wildman–Crippen MR) is 475 cm³/mol. The third kappa shape index (κ3) is 22.6. The van der Waals surface area contributed by atoms with Gasteiger partial charge in [-0.1, -0.05) is 45.9 Å². The first kappa shape index (κ1) is 92.1. The lowest BCUT2D eigenvalue weighted by molar-refractivity contribution is -0.116. The van der Waals surface area contributed by atoms with Crippen LogP contribution in [0.1, 0.15) is 130 Å². The Morgan fingerprint density at radius 3 is 1.14 bits per heavy atom. The average molecular weight is 1900 g/mol. The molecule has 0 unspecified atom stereocenters. The Bertz CT molecular complexity index is 6070. The minimum Gasteiger partial charge on any atom is -0.399 e. The number of aryl methyl sites for hydroxylation is 4. The highest BCUT2D eigenvalue weighted by Gasteiger charge is 2.53. The third-order valence-corrected chi connectivity index (χ3v) is 25.7. The van der Waals surface area contributed by atoms with Crippen LogP contribution in [0, 0.1) is 34.9 Å². The van der Waals surface area contributed by atoms with Crippen molar-refractivity contribution >= 4 is 186 Å². The second kappa shape index (κ2) is 41.5. The lowest BCUT2D eigenvalue weighted by Crippen LogP contribution is -2.41. The maximum absolute atomic E-state index is 14.1. The van der Waals surface area contributed by atoms with Crippen molar-refractivity contribution in [3.05, 3.63) is 252 Å². The summed E-state index contributed by atoms with van der Waals surface area (Å²) in [5, 5.41) is 38.6. The monoisotopic (exact) mass is 1890 g/mol. The molecule has 632 valence electrons. The van der Waals surface area contributed by atoms with E-state index < -0.39 is 74.6 Å². The second-order valence-corrected chi connectivity index (χ2v) is 36.2. The standard InChI is InChI=1S/C21H16F2N4O2S2.C19H14F2N4OS2.C14H20BN3O2S.C14H14N4OS2.C7H3ClF2O.C6H6BrNOS/c1-3-16-13(11-26(25-16)21-24-9-10-30-21)17-7-8-18(31-17)27(12(2)28)20(29)19-14(22)5-4-6-15(19)23;1-2-14-11(10-25(24-14)19-22-8-9-27-19)15-6-7-16(28-15)23-18(26)17-12(20)4-3-5-13(17)21;1-6-11-10(9-18(17-11)12-16-7-8-21-12)15-19-13(2,3)14(4,5)20-15;1-3-11-10(8-18(17-11)14-15-6-7-20-14)12-4-5-13(21-12)16-9(2)19;8-7(11)6-4(9)2-1-3-5(6)10;1-4(9)8-6-3-2-5(7)10-6/h4-11H,3H2,1-2H3;3-10H,2H2,1H3,(H,23,26);7-9H,6H2,1-5H3;4-8H,3H2,1-2H3,(H,16,19);1-3H;2-3H,1H3,(H,8,9). The minimum absolute atomic E-state index is 0.0330. The molecule has 41 heteroatoms. The summed E-state index contributed by atoms with van der Waals surface area (Å²) in [7, 11) is -0.376. The fourth-order valence-corrected chi connectivity index (χ4v) is 18.2. The van der Waals surface area contributed by atoms with E-state index in [0.717, 1.165) is 161 Å². The predicted octanol–water partition coefficient (Wildman–Crippen LogP) is 20.8. The Hall–Kier alpha value is -10.6. The topological polar surface area (TPSA) is 283 Å². The summed E-state index contributed by atoms with van der Waals surface area (Å²) in [6.07, 6.45) is 17.7. The van der Waals surface area contributed by atoms with Gasteiger partial charge in [0.15, 0.2) is 0 Å². The van der Waals surface area contributed by atoms with Crippen molar-refractivity contribution in [1.29, 1.82) is 0 Å². The molecule has 0 saturated carbocycles. The smallest absolute Gasteiger partial charge is 0.399 e. The molecule has 0 radical (unpaired) electrons. The van der Waals surface area contributed by atoms with E-state index in [4.69, 9.17) is 20.9 Å². The van der Waals surface area contributed by atoms with Gasteiger partial charge in [-0.25, -0.2) is 69.9 Å². The molecule has 15 aromatic rings. The van der Waals surface area contributed by atoms with Crippen LogP contribution in [0.25, 0.3) is 51.8 Å². The number of thiophene rings is 4. The summed E-state index contributed by atoms with van der Waals surface area (Å²) in [6.45, 7) is 20.6. The maximum Gasteiger partial charge on any atom is 0.498 e. The highest BCUT2D eigenvalue weighted by Crippen LogP contribution is 2.41. The molecular formula is C81H73BBrClF6N16O8S8. The van der Waals surface area contributed by atoms with Crippen LogP contribution >= 0.6 is 118 Å². The largest absolute Gasteiger partial charge is 0.498 e. The van der Waals surface area contributed by atoms with Crippen molar-refractivity contribution in [3.63, 3.8) is 0 Å². The molecule has 24 nitrogen and oxygen atoms in total. The zero-order valence-electron chi connectivity index (χ0n) is 66.5. The molecule has 3 N–H and O–H groups in total. The van der Waals surface area contributed by atoms with Gasteiger partial charge in [0.25, 0.3) is 17.1 Å². The van der Waals surface area contributed by atoms with Crippen molar-refractivity contribution < 1.29 is 64.4 Å². The number of nitrogens with one attached hydrogen (secondary N) is 3. The highest BCUT2D eigenvalue weighted by molar-refractivity contribution is 9.11. The molecule has 1 aliphatic rings. The number of benzene rings is 3. The number of hydrogen-bond acceptors (Lipinski definition) is 24. The van der Waals surface area contributed by atoms with Crippen LogP contribution in [0.3, 0.4) is 0 Å². The number of halogens is 8. The van der Waals surface area contributed by atoms with Gasteiger partial charge in [-0.05, 0) is 166 Å². The van der Waals surface area contributed by atoms with Crippen molar-refractivity contribution in [1.82, 2.24) is 59.1 Å². The number of rotatable bonds is 19. The Labute approximate surface area is 741 Å². The van der Waals surface area contributed by atoms with E-state index in [1.165, 1.54) is 83.5 Å². The highest BCUT2D eigenvalue weighted by atomic mass is 79.9. The summed E-state index contributed by atoms with van der Waals surface area (Å²) in [5.41, 5.74) is 4.85. The van der Waals surface area contributed by atoms with Gasteiger partial charge in [-0.15, -0.1) is 90.7 Å². The summed E-state index contributed by atoms with van der Waals surface area (Å²) < 4.78 is 101. The van der Waals surface area contributed by atoms with E-state index in [2.05, 4.69) is 114 Å². The molecule has 1 aliphatic heterocycles. The first-order valence-corrected chi connectivity index (χ1v) is 44.8. The van der Waals surface area contributed by atoms with Gasteiger partial charge >= 0.3 is 7.12 Å². The number of nitrogens with zero attached hydrogens (tertiary/aromatic N) is 13. The van der Waals surface area contributed by atoms with Crippen LogP contribution in [0.4, 0.5) is 46.3 Å². The zero-order chi connectivity index (χ0) is 87.9. The van der Waals surface area contributed by atoms with Gasteiger partial charge in [0, 0.05) is 129 Å². The van der Waals surface area contributed by atoms with Crippen molar-refractivity contribution in [2.75, 3.05) is 20.9 Å². The van der Waals surface area contributed by atoms with E-state index in [9.17, 15) is 55.1 Å². The van der Waals surface area contributed by atoms with E-state index >= 15 is 0 Å². The molecule has 13 heterocycles. The van der Waals surface area contributed by atoms with Crippen molar-refractivity contribution in [3.8, 4) is 51.8 Å². The summed E-state index contributed by atoms with van der Waals surface area (Å²) in [4.78, 5) is 90.0. The number of imide groups is 1. The van der Waals surface area contributed by atoms with Crippen LogP contribution in [-0.4, -0.2) is 112 Å². The van der Waals surface area contributed by atoms with Crippen LogP contribution in [0.2, 0.25) is 0 Å². The molecule has 16 rings (SSSR count). The number of anilines is 4. The Kier molecular flexibility index (Phi) is 31.3. The van der Waals surface area contributed by atoms with Gasteiger partial charge in [-0.2, -0.15) is 20.4 Å².